The number of carbonyl (C=O) groups is 1. The van der Waals surface area contributed by atoms with Crippen molar-refractivity contribution in [1.82, 2.24) is 20.6 Å². The zero-order valence-corrected chi connectivity index (χ0v) is 16.4. The fourth-order valence-electron chi connectivity index (χ4n) is 3.70. The van der Waals surface area contributed by atoms with E-state index in [0.29, 0.717) is 5.92 Å². The average molecular weight is 393 g/mol. The van der Waals surface area contributed by atoms with Crippen molar-refractivity contribution in [2.75, 3.05) is 19.6 Å². The molecule has 1 aliphatic heterocycles. The van der Waals surface area contributed by atoms with Crippen molar-refractivity contribution in [3.63, 3.8) is 0 Å². The summed E-state index contributed by atoms with van der Waals surface area (Å²) in [5.74, 6) is 0.908. The second-order valence-electron chi connectivity index (χ2n) is 7.00. The SMILES string of the molecule is Cl.O=C(NCC1CCNCC1)C1CCc2sc(-c3ccncc3)nc2C1. The van der Waals surface area contributed by atoms with Gasteiger partial charge in [-0.3, -0.25) is 9.78 Å². The Morgan fingerprint density at radius 1 is 1.23 bits per heavy atom. The monoisotopic (exact) mass is 392 g/mol. The summed E-state index contributed by atoms with van der Waals surface area (Å²) in [5.41, 5.74) is 2.23. The summed E-state index contributed by atoms with van der Waals surface area (Å²) in [6.45, 7) is 2.97. The quantitative estimate of drug-likeness (QED) is 0.839. The summed E-state index contributed by atoms with van der Waals surface area (Å²) in [4.78, 5) is 22.8. The fraction of sp³-hybridized carbons (Fsp3) is 0.526. The van der Waals surface area contributed by atoms with Gasteiger partial charge in [0.25, 0.3) is 0 Å². The van der Waals surface area contributed by atoms with E-state index in [1.165, 1.54) is 4.88 Å². The first-order valence-electron chi connectivity index (χ1n) is 9.17. The molecule has 140 valence electrons. The van der Waals surface area contributed by atoms with Gasteiger partial charge in [0.05, 0.1) is 5.69 Å². The number of fused-ring (bicyclic) bond motifs is 1. The first-order valence-corrected chi connectivity index (χ1v) is 9.98. The molecular weight excluding hydrogens is 368 g/mol. The van der Waals surface area contributed by atoms with Crippen LogP contribution in [0.5, 0.6) is 0 Å². The van der Waals surface area contributed by atoms with E-state index in [1.54, 1.807) is 23.7 Å². The number of amides is 1. The van der Waals surface area contributed by atoms with E-state index in [0.717, 1.165) is 68.0 Å². The molecule has 7 heteroatoms. The van der Waals surface area contributed by atoms with E-state index < -0.39 is 0 Å². The molecular formula is C19H25ClN4OS. The molecule has 4 rings (SSSR count). The number of rotatable bonds is 4. The molecule has 0 spiro atoms. The van der Waals surface area contributed by atoms with E-state index in [4.69, 9.17) is 4.98 Å². The first-order chi connectivity index (χ1) is 12.3. The van der Waals surface area contributed by atoms with Gasteiger partial charge in [0, 0.05) is 41.7 Å². The van der Waals surface area contributed by atoms with Gasteiger partial charge in [-0.05, 0) is 56.8 Å². The van der Waals surface area contributed by atoms with Gasteiger partial charge in [-0.25, -0.2) is 4.98 Å². The third-order valence-electron chi connectivity index (χ3n) is 5.26. The van der Waals surface area contributed by atoms with Crippen LogP contribution in [0.2, 0.25) is 0 Å². The Morgan fingerprint density at radius 3 is 2.77 bits per heavy atom. The van der Waals surface area contributed by atoms with E-state index >= 15 is 0 Å². The van der Waals surface area contributed by atoms with Crippen LogP contribution in [-0.2, 0) is 17.6 Å². The third-order valence-corrected chi connectivity index (χ3v) is 6.47. The first kappa shape index (κ1) is 19.3. The van der Waals surface area contributed by atoms with Crippen LogP contribution < -0.4 is 10.6 Å². The lowest BCUT2D eigenvalue weighted by Crippen LogP contribution is -2.39. The molecule has 5 nitrogen and oxygen atoms in total. The van der Waals surface area contributed by atoms with Gasteiger partial charge in [0.1, 0.15) is 5.01 Å². The Balaban J connectivity index is 0.00000196. The number of thiazole rings is 1. The molecule has 1 saturated heterocycles. The second-order valence-corrected chi connectivity index (χ2v) is 8.09. The highest BCUT2D eigenvalue weighted by molar-refractivity contribution is 7.15. The minimum Gasteiger partial charge on any atom is -0.356 e. The lowest BCUT2D eigenvalue weighted by atomic mass is 9.89. The summed E-state index contributed by atoms with van der Waals surface area (Å²) in [6, 6.07) is 3.99. The largest absolute Gasteiger partial charge is 0.356 e. The van der Waals surface area contributed by atoms with Crippen LogP contribution in [0.1, 0.15) is 29.8 Å². The number of halogens is 1. The van der Waals surface area contributed by atoms with E-state index in [1.807, 2.05) is 12.1 Å². The Kier molecular flexibility index (Phi) is 6.62. The van der Waals surface area contributed by atoms with Crippen molar-refractivity contribution >= 4 is 29.7 Å². The fourth-order valence-corrected chi connectivity index (χ4v) is 4.81. The van der Waals surface area contributed by atoms with Crippen LogP contribution in [-0.4, -0.2) is 35.5 Å². The lowest BCUT2D eigenvalue weighted by molar-refractivity contribution is -0.125. The van der Waals surface area contributed by atoms with Crippen molar-refractivity contribution in [1.29, 1.82) is 0 Å². The molecule has 1 unspecified atom stereocenters. The summed E-state index contributed by atoms with van der Waals surface area (Å²) < 4.78 is 0. The minimum absolute atomic E-state index is 0. The number of nitrogens with zero attached hydrogens (tertiary/aromatic N) is 2. The molecule has 2 aromatic rings. The molecule has 1 fully saturated rings. The summed E-state index contributed by atoms with van der Waals surface area (Å²) in [7, 11) is 0. The van der Waals surface area contributed by atoms with Gasteiger partial charge in [-0.15, -0.1) is 23.7 Å². The number of pyridine rings is 1. The normalized spacial score (nSPS) is 20.1. The topological polar surface area (TPSA) is 66.9 Å². The van der Waals surface area contributed by atoms with Crippen LogP contribution >= 0.6 is 23.7 Å². The van der Waals surface area contributed by atoms with Gasteiger partial charge in [0.15, 0.2) is 0 Å². The molecule has 3 heterocycles. The van der Waals surface area contributed by atoms with Gasteiger partial charge in [-0.1, -0.05) is 0 Å². The molecule has 0 aromatic carbocycles. The Labute approximate surface area is 164 Å². The van der Waals surface area contributed by atoms with Gasteiger partial charge in [0.2, 0.25) is 5.91 Å². The Morgan fingerprint density at radius 2 is 2.00 bits per heavy atom. The van der Waals surface area contributed by atoms with E-state index in [9.17, 15) is 4.79 Å². The highest BCUT2D eigenvalue weighted by Crippen LogP contribution is 2.34. The standard InChI is InChI=1S/C19H24N4OS.ClH/c24-18(22-12-13-3-7-20-8-4-13)15-1-2-17-16(11-15)23-19(25-17)14-5-9-21-10-6-14;/h5-6,9-10,13,15,20H,1-4,7-8,11-12H2,(H,22,24);1H. The van der Waals surface area contributed by atoms with Crippen LogP contribution in [0, 0.1) is 11.8 Å². The summed E-state index contributed by atoms with van der Waals surface area (Å²) >= 11 is 1.76. The highest BCUT2D eigenvalue weighted by Gasteiger charge is 2.28. The zero-order chi connectivity index (χ0) is 17.1. The van der Waals surface area contributed by atoms with Crippen LogP contribution in [0.15, 0.2) is 24.5 Å². The summed E-state index contributed by atoms with van der Waals surface area (Å²) in [6.07, 6.45) is 8.59. The predicted octanol–water partition coefficient (Wildman–Crippen LogP) is 2.85. The number of piperidine rings is 1. The zero-order valence-electron chi connectivity index (χ0n) is 14.7. The number of hydrogen-bond acceptors (Lipinski definition) is 5. The van der Waals surface area contributed by atoms with Crippen LogP contribution in [0.3, 0.4) is 0 Å². The molecule has 2 N–H and O–H groups in total. The van der Waals surface area contributed by atoms with Gasteiger partial charge >= 0.3 is 0 Å². The molecule has 1 aliphatic carbocycles. The van der Waals surface area contributed by atoms with Gasteiger partial charge in [-0.2, -0.15) is 0 Å². The van der Waals surface area contributed by atoms with Crippen molar-refractivity contribution in [3.8, 4) is 10.6 Å². The molecule has 0 radical (unpaired) electrons. The number of nitrogens with one attached hydrogen (secondary N) is 2. The Hall–Kier alpha value is -1.50. The maximum absolute atomic E-state index is 12.6. The average Bonchev–Trinajstić information content (AvgIpc) is 3.11. The maximum Gasteiger partial charge on any atom is 0.223 e. The number of hydrogen-bond donors (Lipinski definition) is 2. The minimum atomic E-state index is 0. The van der Waals surface area contributed by atoms with Crippen molar-refractivity contribution < 1.29 is 4.79 Å². The predicted molar refractivity (Wildman–Crippen MR) is 107 cm³/mol. The van der Waals surface area contributed by atoms with E-state index in [2.05, 4.69) is 15.6 Å². The molecule has 2 aliphatic rings. The lowest BCUT2D eigenvalue weighted by Gasteiger charge is -2.25. The molecule has 26 heavy (non-hydrogen) atoms. The molecule has 1 atom stereocenters. The molecule has 0 bridgehead atoms. The molecule has 2 aromatic heterocycles. The van der Waals surface area contributed by atoms with Crippen molar-refractivity contribution in [2.24, 2.45) is 11.8 Å². The molecule has 1 amide bonds. The van der Waals surface area contributed by atoms with Crippen molar-refractivity contribution in [2.45, 2.75) is 32.1 Å². The highest BCUT2D eigenvalue weighted by atomic mass is 35.5. The Bertz CT molecular complexity index is 730. The van der Waals surface area contributed by atoms with Crippen LogP contribution in [0.25, 0.3) is 10.6 Å². The smallest absolute Gasteiger partial charge is 0.223 e. The maximum atomic E-state index is 12.6. The summed E-state index contributed by atoms with van der Waals surface area (Å²) in [5, 5.41) is 7.61. The van der Waals surface area contributed by atoms with Gasteiger partial charge < -0.3 is 10.6 Å². The third kappa shape index (κ3) is 4.42. The number of carbonyl (C=O) groups excluding carboxylic acids is 1. The van der Waals surface area contributed by atoms with Crippen LogP contribution in [0.4, 0.5) is 0 Å². The molecule has 0 saturated carbocycles. The van der Waals surface area contributed by atoms with E-state index in [-0.39, 0.29) is 24.2 Å². The number of aryl methyl sites for hydroxylation is 1. The second kappa shape index (κ2) is 8.93. The number of aromatic nitrogens is 2. The van der Waals surface area contributed by atoms with Crippen molar-refractivity contribution in [3.05, 3.63) is 35.1 Å².